The Kier molecular flexibility index (Phi) is 7.30. The van der Waals surface area contributed by atoms with Gasteiger partial charge in [-0.15, -0.1) is 10.2 Å². The standard InChI is InChI=1S/C19H20N4O2S3/c1-13-21-22-18(27-13)20-16(24)10-6-3-7-11-23-17(25)15(28-19(23)26)12-14-8-4-2-5-9-14/h2,4-5,8-9,12H,3,6-7,10-11H2,1H3,(H,20,22,24)/b15-12-. The minimum atomic E-state index is -0.0624. The molecule has 0 unspecified atom stereocenters. The molecule has 6 nitrogen and oxygen atoms in total. The summed E-state index contributed by atoms with van der Waals surface area (Å²) < 4.78 is 0.594. The lowest BCUT2D eigenvalue weighted by atomic mass is 10.2. The van der Waals surface area contributed by atoms with E-state index in [2.05, 4.69) is 15.5 Å². The van der Waals surface area contributed by atoms with Crippen molar-refractivity contribution in [2.75, 3.05) is 11.9 Å². The number of aromatic nitrogens is 2. The molecule has 1 saturated heterocycles. The third-order valence-corrected chi connectivity index (χ3v) is 6.16. The Labute approximate surface area is 177 Å². The van der Waals surface area contributed by atoms with E-state index in [1.807, 2.05) is 43.3 Å². The monoisotopic (exact) mass is 432 g/mol. The number of hydrogen-bond acceptors (Lipinski definition) is 7. The molecule has 1 aliphatic heterocycles. The van der Waals surface area contributed by atoms with E-state index < -0.39 is 0 Å². The van der Waals surface area contributed by atoms with Gasteiger partial charge in [0.05, 0.1) is 4.91 Å². The number of nitrogens with one attached hydrogen (secondary N) is 1. The lowest BCUT2D eigenvalue weighted by Gasteiger charge is -2.13. The number of benzene rings is 1. The zero-order valence-electron chi connectivity index (χ0n) is 15.4. The number of aryl methyl sites for hydroxylation is 1. The van der Waals surface area contributed by atoms with Gasteiger partial charge in [-0.1, -0.05) is 72.1 Å². The first-order valence-electron chi connectivity index (χ1n) is 8.93. The number of rotatable bonds is 8. The minimum absolute atomic E-state index is 0.0387. The predicted molar refractivity (Wildman–Crippen MR) is 118 cm³/mol. The number of carbonyl (C=O) groups is 2. The normalized spacial score (nSPS) is 15.5. The van der Waals surface area contributed by atoms with Gasteiger partial charge in [0, 0.05) is 13.0 Å². The highest BCUT2D eigenvalue weighted by Gasteiger charge is 2.31. The number of carbonyl (C=O) groups excluding carboxylic acids is 2. The Morgan fingerprint density at radius 2 is 2.00 bits per heavy atom. The zero-order chi connectivity index (χ0) is 19.9. The SMILES string of the molecule is Cc1nnc(NC(=O)CCCCCN2C(=O)/C(=C/c3ccccc3)SC2=S)s1. The third kappa shape index (κ3) is 5.70. The molecule has 1 N–H and O–H groups in total. The second kappa shape index (κ2) is 9.90. The summed E-state index contributed by atoms with van der Waals surface area (Å²) in [6, 6.07) is 9.74. The van der Waals surface area contributed by atoms with Crippen molar-refractivity contribution in [3.8, 4) is 0 Å². The maximum atomic E-state index is 12.6. The summed E-state index contributed by atoms with van der Waals surface area (Å²) in [5, 5.41) is 11.8. The molecule has 0 spiro atoms. The van der Waals surface area contributed by atoms with Gasteiger partial charge in [0.2, 0.25) is 11.0 Å². The topological polar surface area (TPSA) is 75.2 Å². The van der Waals surface area contributed by atoms with E-state index in [1.165, 1.54) is 23.1 Å². The third-order valence-electron chi connectivity index (χ3n) is 4.03. The maximum absolute atomic E-state index is 12.6. The summed E-state index contributed by atoms with van der Waals surface area (Å²) in [5.41, 5.74) is 0.986. The van der Waals surface area contributed by atoms with Gasteiger partial charge in [0.25, 0.3) is 5.91 Å². The molecule has 1 aliphatic rings. The molecule has 0 saturated carbocycles. The zero-order valence-corrected chi connectivity index (χ0v) is 17.8. The fourth-order valence-corrected chi connectivity index (χ4v) is 4.57. The summed E-state index contributed by atoms with van der Waals surface area (Å²) in [4.78, 5) is 26.8. The van der Waals surface area contributed by atoms with Gasteiger partial charge in [-0.2, -0.15) is 0 Å². The van der Waals surface area contributed by atoms with Crippen molar-refractivity contribution in [2.24, 2.45) is 0 Å². The van der Waals surface area contributed by atoms with Crippen LogP contribution in [0.25, 0.3) is 6.08 Å². The number of unbranched alkanes of at least 4 members (excludes halogenated alkanes) is 2. The smallest absolute Gasteiger partial charge is 0.266 e. The van der Waals surface area contributed by atoms with Crippen molar-refractivity contribution >= 4 is 62.7 Å². The summed E-state index contributed by atoms with van der Waals surface area (Å²) >= 11 is 8.06. The molecule has 1 fully saturated rings. The lowest BCUT2D eigenvalue weighted by Crippen LogP contribution is -2.29. The molecular weight excluding hydrogens is 412 g/mol. The number of anilines is 1. The van der Waals surface area contributed by atoms with Crippen molar-refractivity contribution in [3.05, 3.63) is 45.8 Å². The van der Waals surface area contributed by atoms with Gasteiger partial charge in [0.15, 0.2) is 0 Å². The molecule has 2 aromatic rings. The van der Waals surface area contributed by atoms with Crippen molar-refractivity contribution < 1.29 is 9.59 Å². The van der Waals surface area contributed by atoms with Crippen LogP contribution >= 0.6 is 35.3 Å². The van der Waals surface area contributed by atoms with E-state index in [0.29, 0.717) is 27.3 Å². The van der Waals surface area contributed by atoms with E-state index in [1.54, 1.807) is 4.90 Å². The molecule has 1 aromatic heterocycles. The highest BCUT2D eigenvalue weighted by molar-refractivity contribution is 8.26. The average molecular weight is 433 g/mol. The Bertz CT molecular complexity index is 896. The molecule has 2 amide bonds. The molecule has 1 aromatic carbocycles. The van der Waals surface area contributed by atoms with Crippen molar-refractivity contribution in [3.63, 3.8) is 0 Å². The van der Waals surface area contributed by atoms with Gasteiger partial charge in [0.1, 0.15) is 9.33 Å². The van der Waals surface area contributed by atoms with E-state index in [9.17, 15) is 9.59 Å². The minimum Gasteiger partial charge on any atom is -0.301 e. The summed E-state index contributed by atoms with van der Waals surface area (Å²) in [5.74, 6) is -0.101. The number of hydrogen-bond donors (Lipinski definition) is 1. The van der Waals surface area contributed by atoms with Crippen molar-refractivity contribution in [1.82, 2.24) is 15.1 Å². The van der Waals surface area contributed by atoms with Crippen LogP contribution in [0.4, 0.5) is 5.13 Å². The molecule has 3 rings (SSSR count). The Morgan fingerprint density at radius 3 is 2.71 bits per heavy atom. The van der Waals surface area contributed by atoms with Crippen LogP contribution in [0.2, 0.25) is 0 Å². The molecule has 0 bridgehead atoms. The van der Waals surface area contributed by atoms with Gasteiger partial charge < -0.3 is 5.32 Å². The number of nitrogens with zero attached hydrogens (tertiary/aromatic N) is 3. The average Bonchev–Trinajstić information content (AvgIpc) is 3.19. The van der Waals surface area contributed by atoms with Gasteiger partial charge >= 0.3 is 0 Å². The quantitative estimate of drug-likeness (QED) is 0.382. The van der Waals surface area contributed by atoms with Crippen LogP contribution in [0, 0.1) is 6.92 Å². The molecule has 9 heteroatoms. The first-order chi connectivity index (χ1) is 13.5. The second-order valence-electron chi connectivity index (χ2n) is 6.23. The Morgan fingerprint density at radius 1 is 1.21 bits per heavy atom. The van der Waals surface area contributed by atoms with Crippen LogP contribution in [0.3, 0.4) is 0 Å². The molecule has 2 heterocycles. The number of amides is 2. The largest absolute Gasteiger partial charge is 0.301 e. The first-order valence-corrected chi connectivity index (χ1v) is 11.0. The molecule has 0 radical (unpaired) electrons. The molecule has 0 atom stereocenters. The predicted octanol–water partition coefficient (Wildman–Crippen LogP) is 4.25. The Balaban J connectivity index is 1.40. The van der Waals surface area contributed by atoms with Crippen LogP contribution < -0.4 is 5.32 Å². The van der Waals surface area contributed by atoms with Crippen molar-refractivity contribution in [1.29, 1.82) is 0 Å². The van der Waals surface area contributed by atoms with Crippen LogP contribution in [0.15, 0.2) is 35.2 Å². The summed E-state index contributed by atoms with van der Waals surface area (Å²) in [6.07, 6.45) is 4.69. The highest BCUT2D eigenvalue weighted by atomic mass is 32.2. The first kappa shape index (κ1) is 20.6. The Hall–Kier alpha value is -2.10. The number of thioether (sulfide) groups is 1. The van der Waals surface area contributed by atoms with Crippen LogP contribution in [-0.4, -0.2) is 37.8 Å². The van der Waals surface area contributed by atoms with Crippen molar-refractivity contribution in [2.45, 2.75) is 32.6 Å². The fourth-order valence-electron chi connectivity index (χ4n) is 2.65. The van der Waals surface area contributed by atoms with Crippen LogP contribution in [0.5, 0.6) is 0 Å². The van der Waals surface area contributed by atoms with Gasteiger partial charge in [-0.3, -0.25) is 14.5 Å². The fraction of sp³-hybridized carbons (Fsp3) is 0.316. The van der Waals surface area contributed by atoms with E-state index >= 15 is 0 Å². The highest BCUT2D eigenvalue weighted by Crippen LogP contribution is 2.32. The maximum Gasteiger partial charge on any atom is 0.266 e. The lowest BCUT2D eigenvalue weighted by molar-refractivity contribution is -0.122. The van der Waals surface area contributed by atoms with E-state index in [0.717, 1.165) is 29.8 Å². The molecular formula is C19H20N4O2S3. The molecule has 146 valence electrons. The molecule has 28 heavy (non-hydrogen) atoms. The van der Waals surface area contributed by atoms with E-state index in [-0.39, 0.29) is 11.8 Å². The van der Waals surface area contributed by atoms with Gasteiger partial charge in [-0.25, -0.2) is 0 Å². The van der Waals surface area contributed by atoms with Crippen LogP contribution in [-0.2, 0) is 9.59 Å². The second-order valence-corrected chi connectivity index (χ2v) is 9.09. The van der Waals surface area contributed by atoms with Crippen LogP contribution in [0.1, 0.15) is 36.3 Å². The summed E-state index contributed by atoms with van der Waals surface area (Å²) in [7, 11) is 0. The van der Waals surface area contributed by atoms with E-state index in [4.69, 9.17) is 12.2 Å². The number of thiocarbonyl (C=S) groups is 1. The molecule has 0 aliphatic carbocycles. The summed E-state index contributed by atoms with van der Waals surface area (Å²) in [6.45, 7) is 2.42. The van der Waals surface area contributed by atoms with Gasteiger partial charge in [-0.05, 0) is 31.4 Å².